The van der Waals surface area contributed by atoms with Crippen LogP contribution >= 0.6 is 0 Å². The molecule has 3 rings (SSSR count). The lowest BCUT2D eigenvalue weighted by atomic mass is 10.0. The fourth-order valence-corrected chi connectivity index (χ4v) is 5.40. The fourth-order valence-electron chi connectivity index (χ4n) is 5.40. The number of halogens is 1. The summed E-state index contributed by atoms with van der Waals surface area (Å²) in [6, 6.07) is 9.17. The molecule has 2 aromatic carbocycles. The SMILES string of the molecule is C[C@H](CO)N1C[C@H](C)[C@@H](CN(C)C(=O)CCCN(C)C)OCCCC[C@H](C)Oc2ccc(NC(=O)Nc3ccc(F)cc3)cc2C1=O. The highest BCUT2D eigenvalue weighted by Gasteiger charge is 2.31. The molecule has 260 valence electrons. The van der Waals surface area contributed by atoms with Gasteiger partial charge >= 0.3 is 6.03 Å². The molecule has 3 N–H and O–H groups in total. The van der Waals surface area contributed by atoms with E-state index in [9.17, 15) is 23.9 Å². The van der Waals surface area contributed by atoms with Gasteiger partial charge in [-0.1, -0.05) is 6.92 Å². The van der Waals surface area contributed by atoms with Crippen molar-refractivity contribution in [3.8, 4) is 5.75 Å². The van der Waals surface area contributed by atoms with Crippen LogP contribution in [0.4, 0.5) is 20.6 Å². The summed E-state index contributed by atoms with van der Waals surface area (Å²) in [4.78, 5) is 45.3. The number of hydrogen-bond acceptors (Lipinski definition) is 7. The number of benzene rings is 2. The van der Waals surface area contributed by atoms with Crippen LogP contribution in [0.15, 0.2) is 42.5 Å². The minimum absolute atomic E-state index is 0.0436. The van der Waals surface area contributed by atoms with Gasteiger partial charge in [-0.3, -0.25) is 9.59 Å². The molecule has 1 aliphatic rings. The fraction of sp³-hybridized carbons (Fsp3) is 0.571. The third kappa shape index (κ3) is 12.1. The van der Waals surface area contributed by atoms with Gasteiger partial charge in [0.15, 0.2) is 0 Å². The minimum atomic E-state index is -0.561. The molecule has 2 aromatic rings. The van der Waals surface area contributed by atoms with Gasteiger partial charge in [-0.15, -0.1) is 0 Å². The van der Waals surface area contributed by atoms with Crippen molar-refractivity contribution in [2.45, 2.75) is 71.1 Å². The Balaban J connectivity index is 1.87. The van der Waals surface area contributed by atoms with Crippen molar-refractivity contribution in [2.75, 3.05) is 64.6 Å². The van der Waals surface area contributed by atoms with Gasteiger partial charge in [0.2, 0.25) is 5.91 Å². The summed E-state index contributed by atoms with van der Waals surface area (Å²) in [7, 11) is 5.75. The van der Waals surface area contributed by atoms with Gasteiger partial charge in [-0.25, -0.2) is 9.18 Å². The van der Waals surface area contributed by atoms with E-state index in [2.05, 4.69) is 15.5 Å². The summed E-state index contributed by atoms with van der Waals surface area (Å²) in [5, 5.41) is 15.6. The first-order chi connectivity index (χ1) is 22.4. The number of carbonyl (C=O) groups is 3. The normalized spacial score (nSPS) is 20.1. The molecule has 0 unspecified atom stereocenters. The van der Waals surface area contributed by atoms with Crippen molar-refractivity contribution in [3.63, 3.8) is 0 Å². The van der Waals surface area contributed by atoms with Gasteiger partial charge in [0, 0.05) is 50.5 Å². The lowest BCUT2D eigenvalue weighted by Gasteiger charge is -2.36. The molecule has 11 nitrogen and oxygen atoms in total. The van der Waals surface area contributed by atoms with Crippen LogP contribution in [0.5, 0.6) is 5.75 Å². The first-order valence-corrected chi connectivity index (χ1v) is 16.4. The number of anilines is 2. The Labute approximate surface area is 278 Å². The molecule has 0 spiro atoms. The maximum Gasteiger partial charge on any atom is 0.323 e. The zero-order chi connectivity index (χ0) is 34.5. The molecular formula is C35H52FN5O6. The highest BCUT2D eigenvalue weighted by atomic mass is 19.1. The molecule has 0 aromatic heterocycles. The highest BCUT2D eigenvalue weighted by molar-refractivity contribution is 6.02. The number of carbonyl (C=O) groups excluding carboxylic acids is 3. The molecule has 1 aliphatic heterocycles. The standard InChI is InChI=1S/C35H52FN5O6/c1-24-21-41(25(2)23-42)34(44)30-20-29(38-35(45)37-28-14-12-27(36)13-15-28)16-17-31(30)47-26(3)10-7-8-19-46-32(24)22-40(6)33(43)11-9-18-39(4)5/h12-17,20,24-26,32,42H,7-11,18-19,21-23H2,1-6H3,(H2,37,38,45)/t24-,25+,26-,32+/m0/s1. The molecule has 0 bridgehead atoms. The average Bonchev–Trinajstić information content (AvgIpc) is 3.03. The topological polar surface area (TPSA) is 124 Å². The van der Waals surface area contributed by atoms with E-state index < -0.39 is 17.9 Å². The first-order valence-electron chi connectivity index (χ1n) is 16.4. The van der Waals surface area contributed by atoms with Crippen molar-refractivity contribution in [1.29, 1.82) is 0 Å². The van der Waals surface area contributed by atoms with Crippen LogP contribution in [-0.4, -0.2) is 110 Å². The maximum absolute atomic E-state index is 14.3. The maximum atomic E-state index is 14.3. The third-order valence-electron chi connectivity index (χ3n) is 8.29. The Bertz CT molecular complexity index is 1310. The molecule has 4 amide bonds. The molecule has 47 heavy (non-hydrogen) atoms. The number of hydrogen-bond donors (Lipinski definition) is 3. The van der Waals surface area contributed by atoms with Crippen LogP contribution in [0, 0.1) is 11.7 Å². The van der Waals surface area contributed by atoms with Crippen LogP contribution in [0.2, 0.25) is 0 Å². The second-order valence-electron chi connectivity index (χ2n) is 12.8. The predicted octanol–water partition coefficient (Wildman–Crippen LogP) is 5.07. The Morgan fingerprint density at radius 1 is 1.06 bits per heavy atom. The molecule has 1 heterocycles. The molecule has 0 radical (unpaired) electrons. The van der Waals surface area contributed by atoms with E-state index in [0.717, 1.165) is 32.2 Å². The highest BCUT2D eigenvalue weighted by Crippen LogP contribution is 2.29. The van der Waals surface area contributed by atoms with E-state index >= 15 is 0 Å². The molecular weight excluding hydrogens is 605 g/mol. The van der Waals surface area contributed by atoms with Crippen molar-refractivity contribution >= 4 is 29.2 Å². The largest absolute Gasteiger partial charge is 0.490 e. The molecule has 0 saturated heterocycles. The first kappa shape index (κ1) is 37.7. The summed E-state index contributed by atoms with van der Waals surface area (Å²) in [5.74, 6) is -0.546. The van der Waals surface area contributed by atoms with Crippen LogP contribution < -0.4 is 15.4 Å². The number of nitrogens with zero attached hydrogens (tertiary/aromatic N) is 3. The van der Waals surface area contributed by atoms with Crippen LogP contribution in [0.3, 0.4) is 0 Å². The van der Waals surface area contributed by atoms with E-state index in [-0.39, 0.29) is 48.7 Å². The lowest BCUT2D eigenvalue weighted by Crippen LogP contribution is -2.48. The van der Waals surface area contributed by atoms with E-state index in [1.807, 2.05) is 27.9 Å². The Hall–Kier alpha value is -3.74. The van der Waals surface area contributed by atoms with Crippen LogP contribution in [0.25, 0.3) is 0 Å². The van der Waals surface area contributed by atoms with E-state index in [0.29, 0.717) is 36.7 Å². The van der Waals surface area contributed by atoms with E-state index in [4.69, 9.17) is 9.47 Å². The second-order valence-corrected chi connectivity index (χ2v) is 12.8. The number of fused-ring (bicyclic) bond motifs is 1. The summed E-state index contributed by atoms with van der Waals surface area (Å²) in [6.07, 6.45) is 3.06. The monoisotopic (exact) mass is 657 g/mol. The molecule has 12 heteroatoms. The van der Waals surface area contributed by atoms with Gasteiger partial charge in [-0.2, -0.15) is 0 Å². The summed E-state index contributed by atoms with van der Waals surface area (Å²) in [5.41, 5.74) is 1.01. The zero-order valence-electron chi connectivity index (χ0n) is 28.6. The number of urea groups is 1. The van der Waals surface area contributed by atoms with E-state index in [1.165, 1.54) is 24.3 Å². The average molecular weight is 658 g/mol. The summed E-state index contributed by atoms with van der Waals surface area (Å²) in [6.45, 7) is 7.41. The quantitative estimate of drug-likeness (QED) is 0.326. The van der Waals surface area contributed by atoms with Crippen molar-refractivity contribution in [2.24, 2.45) is 5.92 Å². The third-order valence-corrected chi connectivity index (χ3v) is 8.29. The smallest absolute Gasteiger partial charge is 0.323 e. The second kappa shape index (κ2) is 18.6. The van der Waals surface area contributed by atoms with Crippen molar-refractivity contribution in [3.05, 3.63) is 53.8 Å². The Morgan fingerprint density at radius 3 is 2.43 bits per heavy atom. The molecule has 0 aliphatic carbocycles. The number of aliphatic hydroxyl groups excluding tert-OH is 1. The van der Waals surface area contributed by atoms with Gasteiger partial charge in [0.25, 0.3) is 5.91 Å². The van der Waals surface area contributed by atoms with Crippen molar-refractivity contribution in [1.82, 2.24) is 14.7 Å². The number of likely N-dealkylation sites (N-methyl/N-ethyl adjacent to an activating group) is 1. The number of aliphatic hydroxyl groups is 1. The zero-order valence-corrected chi connectivity index (χ0v) is 28.6. The van der Waals surface area contributed by atoms with Crippen LogP contribution in [-0.2, 0) is 9.53 Å². The van der Waals surface area contributed by atoms with E-state index in [1.54, 1.807) is 42.0 Å². The Morgan fingerprint density at radius 2 is 1.74 bits per heavy atom. The van der Waals surface area contributed by atoms with Crippen LogP contribution in [0.1, 0.15) is 63.2 Å². The van der Waals surface area contributed by atoms with Gasteiger partial charge in [0.1, 0.15) is 11.6 Å². The number of rotatable bonds is 10. The minimum Gasteiger partial charge on any atom is -0.490 e. The van der Waals surface area contributed by atoms with Gasteiger partial charge in [0.05, 0.1) is 30.4 Å². The van der Waals surface area contributed by atoms with Crippen molar-refractivity contribution < 1.29 is 33.4 Å². The number of nitrogens with one attached hydrogen (secondary N) is 2. The number of ether oxygens (including phenoxy) is 2. The van der Waals surface area contributed by atoms with Gasteiger partial charge < -0.3 is 39.9 Å². The molecule has 4 atom stereocenters. The molecule has 0 fully saturated rings. The predicted molar refractivity (Wildman–Crippen MR) is 181 cm³/mol. The number of amides is 4. The summed E-state index contributed by atoms with van der Waals surface area (Å²) >= 11 is 0. The molecule has 0 saturated carbocycles. The summed E-state index contributed by atoms with van der Waals surface area (Å²) < 4.78 is 25.9. The Kier molecular flexibility index (Phi) is 14.9. The van der Waals surface area contributed by atoms with Gasteiger partial charge in [-0.05, 0) is 103 Å². The lowest BCUT2D eigenvalue weighted by molar-refractivity contribution is -0.132.